The SMILES string of the molecule is O=C(c1n[nH]c(=O)c2ccccc12)N(Cc1ccccn1)CC1CCCO1. The molecule has 27 heavy (non-hydrogen) atoms. The lowest BCUT2D eigenvalue weighted by atomic mass is 10.1. The molecule has 0 radical (unpaired) electrons. The molecule has 1 aliphatic heterocycles. The molecule has 1 aliphatic rings. The van der Waals surface area contributed by atoms with Gasteiger partial charge in [-0.05, 0) is 31.0 Å². The van der Waals surface area contributed by atoms with Crippen LogP contribution in [0.5, 0.6) is 0 Å². The molecule has 1 N–H and O–H groups in total. The summed E-state index contributed by atoms with van der Waals surface area (Å²) < 4.78 is 5.72. The number of aromatic nitrogens is 3. The minimum atomic E-state index is -0.308. The van der Waals surface area contributed by atoms with Gasteiger partial charge >= 0.3 is 0 Å². The summed E-state index contributed by atoms with van der Waals surface area (Å²) in [5, 5.41) is 7.49. The number of pyridine rings is 1. The number of hydrogen-bond acceptors (Lipinski definition) is 5. The smallest absolute Gasteiger partial charge is 0.275 e. The van der Waals surface area contributed by atoms with E-state index in [1.54, 1.807) is 35.4 Å². The second-order valence-electron chi connectivity index (χ2n) is 6.59. The summed E-state index contributed by atoms with van der Waals surface area (Å²) in [5.74, 6) is -0.247. The van der Waals surface area contributed by atoms with Gasteiger partial charge in [-0.25, -0.2) is 5.10 Å². The highest BCUT2D eigenvalue weighted by atomic mass is 16.5. The average molecular weight is 364 g/mol. The molecule has 1 amide bonds. The van der Waals surface area contributed by atoms with E-state index in [2.05, 4.69) is 15.2 Å². The zero-order chi connectivity index (χ0) is 18.6. The van der Waals surface area contributed by atoms with Crippen LogP contribution in [0.1, 0.15) is 29.0 Å². The first-order valence-electron chi connectivity index (χ1n) is 9.00. The van der Waals surface area contributed by atoms with Gasteiger partial charge in [0, 0.05) is 24.7 Å². The Balaban J connectivity index is 1.69. The van der Waals surface area contributed by atoms with Gasteiger partial charge in [-0.1, -0.05) is 24.3 Å². The van der Waals surface area contributed by atoms with Gasteiger partial charge in [0.2, 0.25) is 0 Å². The Kier molecular flexibility index (Phi) is 4.93. The monoisotopic (exact) mass is 364 g/mol. The molecule has 0 aliphatic carbocycles. The first-order valence-corrected chi connectivity index (χ1v) is 9.00. The first-order chi connectivity index (χ1) is 13.2. The van der Waals surface area contributed by atoms with E-state index in [1.807, 2.05) is 18.2 Å². The Hall–Kier alpha value is -3.06. The van der Waals surface area contributed by atoms with E-state index in [0.29, 0.717) is 23.9 Å². The Morgan fingerprint density at radius 2 is 2.00 bits per heavy atom. The number of rotatable bonds is 5. The molecule has 1 aromatic carbocycles. The third-order valence-electron chi connectivity index (χ3n) is 4.71. The number of H-pyrrole nitrogens is 1. The number of fused-ring (bicyclic) bond motifs is 1. The summed E-state index contributed by atoms with van der Waals surface area (Å²) in [6.45, 7) is 1.54. The van der Waals surface area contributed by atoms with E-state index in [0.717, 1.165) is 25.1 Å². The quantitative estimate of drug-likeness (QED) is 0.749. The number of amides is 1. The molecule has 7 heteroatoms. The van der Waals surface area contributed by atoms with Crippen LogP contribution in [0.3, 0.4) is 0 Å². The summed E-state index contributed by atoms with van der Waals surface area (Å²) >= 11 is 0. The molecule has 0 saturated carbocycles. The fourth-order valence-electron chi connectivity index (χ4n) is 3.37. The molecule has 138 valence electrons. The zero-order valence-corrected chi connectivity index (χ0v) is 14.8. The van der Waals surface area contributed by atoms with E-state index in [4.69, 9.17) is 4.74 Å². The van der Waals surface area contributed by atoms with Crippen molar-refractivity contribution in [1.29, 1.82) is 0 Å². The van der Waals surface area contributed by atoms with Crippen LogP contribution >= 0.6 is 0 Å². The number of benzene rings is 1. The fourth-order valence-corrected chi connectivity index (χ4v) is 3.37. The van der Waals surface area contributed by atoms with Gasteiger partial charge in [-0.15, -0.1) is 0 Å². The van der Waals surface area contributed by atoms with Crippen LogP contribution in [0.25, 0.3) is 10.8 Å². The molecule has 0 bridgehead atoms. The van der Waals surface area contributed by atoms with Crippen LogP contribution in [0.2, 0.25) is 0 Å². The van der Waals surface area contributed by atoms with Crippen molar-refractivity contribution < 1.29 is 9.53 Å². The zero-order valence-electron chi connectivity index (χ0n) is 14.8. The maximum Gasteiger partial charge on any atom is 0.275 e. The van der Waals surface area contributed by atoms with Crippen LogP contribution < -0.4 is 5.56 Å². The molecule has 0 spiro atoms. The predicted octanol–water partition coefficient (Wildman–Crippen LogP) is 2.14. The summed E-state index contributed by atoms with van der Waals surface area (Å²) in [7, 11) is 0. The predicted molar refractivity (Wildman–Crippen MR) is 100 cm³/mol. The van der Waals surface area contributed by atoms with Gasteiger partial charge in [-0.3, -0.25) is 14.6 Å². The van der Waals surface area contributed by atoms with Crippen LogP contribution in [0.4, 0.5) is 0 Å². The van der Waals surface area contributed by atoms with Crippen molar-refractivity contribution in [3.8, 4) is 0 Å². The number of carbonyl (C=O) groups excluding carboxylic acids is 1. The van der Waals surface area contributed by atoms with Crippen molar-refractivity contribution in [3.05, 3.63) is 70.4 Å². The van der Waals surface area contributed by atoms with Gasteiger partial charge in [-0.2, -0.15) is 5.10 Å². The highest BCUT2D eigenvalue weighted by Crippen LogP contribution is 2.19. The van der Waals surface area contributed by atoms with Gasteiger partial charge in [0.25, 0.3) is 11.5 Å². The van der Waals surface area contributed by atoms with Crippen molar-refractivity contribution in [2.24, 2.45) is 0 Å². The van der Waals surface area contributed by atoms with E-state index < -0.39 is 0 Å². The second kappa shape index (κ2) is 7.67. The largest absolute Gasteiger partial charge is 0.376 e. The van der Waals surface area contributed by atoms with Gasteiger partial charge in [0.15, 0.2) is 5.69 Å². The van der Waals surface area contributed by atoms with Crippen molar-refractivity contribution in [1.82, 2.24) is 20.1 Å². The van der Waals surface area contributed by atoms with Crippen molar-refractivity contribution >= 4 is 16.7 Å². The average Bonchev–Trinajstić information content (AvgIpc) is 3.21. The molecule has 3 heterocycles. The number of ether oxygens (including phenoxy) is 1. The standard InChI is InChI=1S/C20H20N4O3/c25-19-17-9-2-1-8-16(17)18(22-23-19)20(26)24(13-15-7-5-11-27-15)12-14-6-3-4-10-21-14/h1-4,6,8-10,15H,5,7,11-13H2,(H,23,25). The summed E-state index contributed by atoms with van der Waals surface area (Å²) in [6.07, 6.45) is 3.63. The van der Waals surface area contributed by atoms with Crippen molar-refractivity contribution in [2.75, 3.05) is 13.2 Å². The molecular weight excluding hydrogens is 344 g/mol. The topological polar surface area (TPSA) is 88.2 Å². The molecule has 2 aromatic heterocycles. The number of carbonyl (C=O) groups is 1. The van der Waals surface area contributed by atoms with Gasteiger partial charge in [0.05, 0.1) is 23.7 Å². The van der Waals surface area contributed by atoms with Crippen LogP contribution in [-0.4, -0.2) is 45.2 Å². The Morgan fingerprint density at radius 1 is 1.19 bits per heavy atom. The highest BCUT2D eigenvalue weighted by Gasteiger charge is 2.26. The molecular formula is C20H20N4O3. The summed E-state index contributed by atoms with van der Waals surface area (Å²) in [5.41, 5.74) is 0.717. The van der Waals surface area contributed by atoms with Crippen LogP contribution in [0.15, 0.2) is 53.5 Å². The lowest BCUT2D eigenvalue weighted by Gasteiger charge is -2.25. The maximum absolute atomic E-state index is 13.3. The minimum Gasteiger partial charge on any atom is -0.376 e. The normalized spacial score (nSPS) is 16.5. The Bertz CT molecular complexity index is 997. The summed E-state index contributed by atoms with van der Waals surface area (Å²) in [4.78, 5) is 31.4. The van der Waals surface area contributed by atoms with Gasteiger partial charge in [0.1, 0.15) is 0 Å². The van der Waals surface area contributed by atoms with E-state index in [1.165, 1.54) is 0 Å². The lowest BCUT2D eigenvalue weighted by molar-refractivity contribution is 0.0501. The van der Waals surface area contributed by atoms with E-state index in [9.17, 15) is 9.59 Å². The van der Waals surface area contributed by atoms with Crippen LogP contribution in [-0.2, 0) is 11.3 Å². The fraction of sp³-hybridized carbons (Fsp3) is 0.300. The number of hydrogen-bond donors (Lipinski definition) is 1. The number of aromatic amines is 1. The highest BCUT2D eigenvalue weighted by molar-refractivity contribution is 6.04. The molecule has 1 unspecified atom stereocenters. The first kappa shape index (κ1) is 17.4. The number of nitrogens with zero attached hydrogens (tertiary/aromatic N) is 3. The molecule has 7 nitrogen and oxygen atoms in total. The Labute approximate surface area is 156 Å². The lowest BCUT2D eigenvalue weighted by Crippen LogP contribution is -2.38. The third-order valence-corrected chi connectivity index (χ3v) is 4.71. The molecule has 1 saturated heterocycles. The van der Waals surface area contributed by atoms with E-state index in [-0.39, 0.29) is 23.3 Å². The molecule has 1 atom stereocenters. The minimum absolute atomic E-state index is 0.00619. The maximum atomic E-state index is 13.3. The second-order valence-corrected chi connectivity index (χ2v) is 6.59. The van der Waals surface area contributed by atoms with Crippen molar-refractivity contribution in [2.45, 2.75) is 25.5 Å². The molecule has 1 fully saturated rings. The Morgan fingerprint density at radius 3 is 2.74 bits per heavy atom. The van der Waals surface area contributed by atoms with E-state index >= 15 is 0 Å². The molecule has 4 rings (SSSR count). The summed E-state index contributed by atoms with van der Waals surface area (Å²) in [6, 6.07) is 12.6. The molecule has 3 aromatic rings. The number of nitrogens with one attached hydrogen (secondary N) is 1. The third kappa shape index (κ3) is 3.73. The van der Waals surface area contributed by atoms with Crippen molar-refractivity contribution in [3.63, 3.8) is 0 Å². The van der Waals surface area contributed by atoms with Crippen LogP contribution in [0, 0.1) is 0 Å². The van der Waals surface area contributed by atoms with Gasteiger partial charge < -0.3 is 9.64 Å².